The number of carbonyl (C=O) groups is 2. The van der Waals surface area contributed by atoms with Gasteiger partial charge in [0.1, 0.15) is 6.04 Å². The lowest BCUT2D eigenvalue weighted by Gasteiger charge is -2.28. The van der Waals surface area contributed by atoms with Crippen LogP contribution in [0.25, 0.3) is 0 Å². The Morgan fingerprint density at radius 3 is 2.36 bits per heavy atom. The van der Waals surface area contributed by atoms with E-state index < -0.39 is 6.04 Å². The quantitative estimate of drug-likeness (QED) is 0.601. The van der Waals surface area contributed by atoms with Crippen molar-refractivity contribution >= 4 is 35.2 Å². The second-order valence-electron chi connectivity index (χ2n) is 6.72. The second kappa shape index (κ2) is 11.1. The van der Waals surface area contributed by atoms with E-state index in [0.29, 0.717) is 18.1 Å². The van der Waals surface area contributed by atoms with Gasteiger partial charge in [0.25, 0.3) is 0 Å². The summed E-state index contributed by atoms with van der Waals surface area (Å²) in [5, 5.41) is 3.55. The molecule has 0 aliphatic heterocycles. The highest BCUT2D eigenvalue weighted by atomic mass is 35.5. The first-order chi connectivity index (χ1) is 13.4. The normalized spacial score (nSPS) is 11.7. The highest BCUT2D eigenvalue weighted by Crippen LogP contribution is 2.22. The molecule has 0 fully saturated rings. The molecule has 0 spiro atoms. The first-order valence-electron chi connectivity index (χ1n) is 9.41. The van der Waals surface area contributed by atoms with Gasteiger partial charge in [-0.2, -0.15) is 0 Å². The van der Waals surface area contributed by atoms with Crippen molar-refractivity contribution in [2.75, 3.05) is 12.3 Å². The number of rotatable bonds is 9. The summed E-state index contributed by atoms with van der Waals surface area (Å²) in [5.41, 5.74) is 2.17. The fourth-order valence-corrected chi connectivity index (χ4v) is 3.54. The molecule has 2 aromatic carbocycles. The molecule has 0 heterocycles. The number of carbonyl (C=O) groups excluding carboxylic acids is 2. The first-order valence-corrected chi connectivity index (χ1v) is 10.8. The zero-order valence-electron chi connectivity index (χ0n) is 16.6. The van der Waals surface area contributed by atoms with Gasteiger partial charge in [-0.3, -0.25) is 9.59 Å². The van der Waals surface area contributed by atoms with E-state index in [4.69, 9.17) is 11.6 Å². The van der Waals surface area contributed by atoms with Crippen LogP contribution in [0, 0.1) is 6.92 Å². The van der Waals surface area contributed by atoms with Crippen LogP contribution in [-0.4, -0.2) is 35.1 Å². The van der Waals surface area contributed by atoms with Gasteiger partial charge in [0.2, 0.25) is 11.8 Å². The number of hydrogen-bond donors (Lipinski definition) is 1. The molecule has 0 saturated carbocycles. The SMILES string of the molecule is CCCNC(=O)[C@@H](C)N(Cc1ccc(C)cc1)C(=O)CSc1ccc(Cl)cc1. The van der Waals surface area contributed by atoms with Crippen molar-refractivity contribution in [2.24, 2.45) is 0 Å². The van der Waals surface area contributed by atoms with Crippen LogP contribution in [0.1, 0.15) is 31.4 Å². The number of nitrogens with one attached hydrogen (secondary N) is 1. The predicted molar refractivity (Wildman–Crippen MR) is 117 cm³/mol. The number of halogens is 1. The molecule has 2 aromatic rings. The number of hydrogen-bond acceptors (Lipinski definition) is 3. The molecule has 0 unspecified atom stereocenters. The third-order valence-corrected chi connectivity index (χ3v) is 5.61. The van der Waals surface area contributed by atoms with Gasteiger partial charge in [-0.25, -0.2) is 0 Å². The Kier molecular flexibility index (Phi) is 8.87. The van der Waals surface area contributed by atoms with Gasteiger partial charge in [0, 0.05) is 23.0 Å². The lowest BCUT2D eigenvalue weighted by molar-refractivity contribution is -0.138. The number of aryl methyl sites for hydroxylation is 1. The number of nitrogens with zero attached hydrogens (tertiary/aromatic N) is 1. The highest BCUT2D eigenvalue weighted by molar-refractivity contribution is 8.00. The molecular weight excluding hydrogens is 392 g/mol. The number of benzene rings is 2. The average molecular weight is 419 g/mol. The molecule has 0 aliphatic rings. The van der Waals surface area contributed by atoms with E-state index in [1.807, 2.05) is 50.2 Å². The Hall–Kier alpha value is -1.98. The van der Waals surface area contributed by atoms with Crippen LogP contribution < -0.4 is 5.32 Å². The molecule has 6 heteroatoms. The molecular formula is C22H27ClN2O2S. The van der Waals surface area contributed by atoms with Crippen LogP contribution in [0.3, 0.4) is 0 Å². The van der Waals surface area contributed by atoms with Crippen molar-refractivity contribution in [1.82, 2.24) is 10.2 Å². The van der Waals surface area contributed by atoms with Crippen LogP contribution >= 0.6 is 23.4 Å². The lowest BCUT2D eigenvalue weighted by Crippen LogP contribution is -2.48. The fraction of sp³-hybridized carbons (Fsp3) is 0.364. The van der Waals surface area contributed by atoms with Crippen molar-refractivity contribution in [3.8, 4) is 0 Å². The van der Waals surface area contributed by atoms with Crippen LogP contribution in [0.2, 0.25) is 5.02 Å². The van der Waals surface area contributed by atoms with E-state index >= 15 is 0 Å². The average Bonchev–Trinajstić information content (AvgIpc) is 2.70. The minimum atomic E-state index is -0.536. The minimum absolute atomic E-state index is 0.0697. The molecule has 4 nitrogen and oxygen atoms in total. The van der Waals surface area contributed by atoms with Crippen LogP contribution in [0.5, 0.6) is 0 Å². The Bertz CT molecular complexity index is 778. The van der Waals surface area contributed by atoms with E-state index in [-0.39, 0.29) is 17.6 Å². The topological polar surface area (TPSA) is 49.4 Å². The summed E-state index contributed by atoms with van der Waals surface area (Å²) in [6.07, 6.45) is 0.858. The summed E-state index contributed by atoms with van der Waals surface area (Å²) in [6.45, 7) is 6.82. The van der Waals surface area contributed by atoms with E-state index in [9.17, 15) is 9.59 Å². The maximum atomic E-state index is 13.0. The number of thioether (sulfide) groups is 1. The summed E-state index contributed by atoms with van der Waals surface area (Å²) < 4.78 is 0. The standard InChI is InChI=1S/C22H27ClN2O2S/c1-4-13-24-22(27)17(3)25(14-18-7-5-16(2)6-8-18)21(26)15-28-20-11-9-19(23)10-12-20/h5-12,17H,4,13-15H2,1-3H3,(H,24,27)/t17-/m1/s1. The maximum absolute atomic E-state index is 13.0. The van der Waals surface area contributed by atoms with Crippen LogP contribution in [0.15, 0.2) is 53.4 Å². The zero-order chi connectivity index (χ0) is 20.5. The molecule has 0 bridgehead atoms. The molecule has 1 N–H and O–H groups in total. The summed E-state index contributed by atoms with van der Waals surface area (Å²) in [4.78, 5) is 28.1. The summed E-state index contributed by atoms with van der Waals surface area (Å²) in [7, 11) is 0. The summed E-state index contributed by atoms with van der Waals surface area (Å²) >= 11 is 7.36. The second-order valence-corrected chi connectivity index (χ2v) is 8.20. The molecule has 0 radical (unpaired) electrons. The van der Waals surface area contributed by atoms with Crippen molar-refractivity contribution < 1.29 is 9.59 Å². The third-order valence-electron chi connectivity index (χ3n) is 4.37. The van der Waals surface area contributed by atoms with Gasteiger partial charge in [0.05, 0.1) is 5.75 Å². The van der Waals surface area contributed by atoms with Crippen molar-refractivity contribution in [3.05, 3.63) is 64.7 Å². The zero-order valence-corrected chi connectivity index (χ0v) is 18.1. The van der Waals surface area contributed by atoms with Gasteiger partial charge in [-0.15, -0.1) is 11.8 Å². The molecule has 2 amide bonds. The molecule has 0 aliphatic carbocycles. The largest absolute Gasteiger partial charge is 0.354 e. The van der Waals surface area contributed by atoms with Crippen LogP contribution in [0.4, 0.5) is 0 Å². The van der Waals surface area contributed by atoms with Crippen molar-refractivity contribution in [3.63, 3.8) is 0 Å². The maximum Gasteiger partial charge on any atom is 0.242 e. The van der Waals surface area contributed by atoms with Gasteiger partial charge >= 0.3 is 0 Å². The monoisotopic (exact) mass is 418 g/mol. The Balaban J connectivity index is 2.10. The van der Waals surface area contributed by atoms with Gasteiger partial charge in [-0.1, -0.05) is 48.4 Å². The minimum Gasteiger partial charge on any atom is -0.354 e. The van der Waals surface area contributed by atoms with E-state index in [0.717, 1.165) is 22.4 Å². The smallest absolute Gasteiger partial charge is 0.242 e. The van der Waals surface area contributed by atoms with E-state index in [1.54, 1.807) is 24.0 Å². The van der Waals surface area contributed by atoms with E-state index in [1.165, 1.54) is 11.8 Å². The van der Waals surface area contributed by atoms with Crippen molar-refractivity contribution in [2.45, 2.75) is 44.7 Å². The summed E-state index contributed by atoms with van der Waals surface area (Å²) in [6, 6.07) is 14.9. The predicted octanol–water partition coefficient (Wildman–Crippen LogP) is 4.68. The van der Waals surface area contributed by atoms with E-state index in [2.05, 4.69) is 5.32 Å². The molecule has 1 atom stereocenters. The molecule has 2 rings (SSSR count). The molecule has 0 saturated heterocycles. The van der Waals surface area contributed by atoms with Gasteiger partial charge in [-0.05, 0) is 50.1 Å². The van der Waals surface area contributed by atoms with Crippen LogP contribution in [-0.2, 0) is 16.1 Å². The van der Waals surface area contributed by atoms with Gasteiger partial charge in [0.15, 0.2) is 0 Å². The number of amides is 2. The molecule has 150 valence electrons. The first kappa shape index (κ1) is 22.3. The Morgan fingerprint density at radius 2 is 1.75 bits per heavy atom. The summed E-state index contributed by atoms with van der Waals surface area (Å²) in [5.74, 6) is 0.0669. The lowest BCUT2D eigenvalue weighted by atomic mass is 10.1. The fourth-order valence-electron chi connectivity index (χ4n) is 2.63. The van der Waals surface area contributed by atoms with Gasteiger partial charge < -0.3 is 10.2 Å². The Morgan fingerprint density at radius 1 is 1.11 bits per heavy atom. The highest BCUT2D eigenvalue weighted by Gasteiger charge is 2.25. The molecule has 0 aromatic heterocycles. The van der Waals surface area contributed by atoms with Crippen molar-refractivity contribution in [1.29, 1.82) is 0 Å². The Labute approximate surface area is 176 Å². The molecule has 28 heavy (non-hydrogen) atoms. The third kappa shape index (κ3) is 6.88.